The molecule has 1 fully saturated rings. The van der Waals surface area contributed by atoms with Crippen molar-refractivity contribution < 1.29 is 4.74 Å². The van der Waals surface area contributed by atoms with Crippen LogP contribution in [0.4, 0.5) is 11.4 Å². The van der Waals surface area contributed by atoms with E-state index in [4.69, 9.17) is 4.74 Å². The van der Waals surface area contributed by atoms with Crippen LogP contribution in [0.1, 0.15) is 45.1 Å². The zero-order valence-electron chi connectivity index (χ0n) is 20.3. The summed E-state index contributed by atoms with van der Waals surface area (Å²) in [5, 5.41) is 0. The van der Waals surface area contributed by atoms with Crippen molar-refractivity contribution >= 4 is 34.5 Å². The van der Waals surface area contributed by atoms with E-state index >= 15 is 0 Å². The van der Waals surface area contributed by atoms with Gasteiger partial charge in [0.15, 0.2) is 0 Å². The van der Waals surface area contributed by atoms with Crippen molar-refractivity contribution in [3.63, 3.8) is 0 Å². The Bertz CT molecular complexity index is 1530. The van der Waals surface area contributed by atoms with Crippen molar-refractivity contribution in [2.24, 2.45) is 0 Å². The Labute approximate surface area is 207 Å². The maximum absolute atomic E-state index is 6.68. The minimum absolute atomic E-state index is 0.0845. The average Bonchev–Trinajstić information content (AvgIpc) is 3.11. The van der Waals surface area contributed by atoms with Crippen LogP contribution in [0.2, 0.25) is 0 Å². The van der Waals surface area contributed by atoms with Gasteiger partial charge >= 0.3 is 0 Å². The molecule has 4 aliphatic rings. The first kappa shape index (κ1) is 19.8. The molecule has 0 saturated heterocycles. The van der Waals surface area contributed by atoms with Crippen molar-refractivity contribution in [3.05, 3.63) is 90.5 Å². The summed E-state index contributed by atoms with van der Waals surface area (Å²) in [5.74, 6) is 1.99. The smallest absolute Gasteiger partial charge is 0.256 e. The zero-order chi connectivity index (χ0) is 23.4. The minimum atomic E-state index is 0.0845. The van der Waals surface area contributed by atoms with Gasteiger partial charge < -0.3 is 9.64 Å². The maximum Gasteiger partial charge on any atom is 0.256 e. The lowest BCUT2D eigenvalue weighted by atomic mass is 9.34. The first-order chi connectivity index (χ1) is 17.1. The highest BCUT2D eigenvalue weighted by atomic mass is 16.5. The molecule has 0 bridgehead atoms. The fourth-order valence-electron chi connectivity index (χ4n) is 7.77. The van der Waals surface area contributed by atoms with Crippen LogP contribution in [0.25, 0.3) is 11.1 Å². The number of ether oxygens (including phenoxy) is 1. The number of rotatable bonds is 1. The van der Waals surface area contributed by atoms with Crippen molar-refractivity contribution in [2.75, 3.05) is 4.90 Å². The number of hydrogen-bond acceptors (Lipinski definition) is 2. The number of benzene rings is 4. The Hall–Kier alpha value is -3.46. The molecular formula is C32H28BNO. The van der Waals surface area contributed by atoms with E-state index in [1.54, 1.807) is 5.56 Å². The van der Waals surface area contributed by atoms with Gasteiger partial charge in [-0.2, -0.15) is 0 Å². The molecule has 3 heterocycles. The van der Waals surface area contributed by atoms with E-state index in [9.17, 15) is 0 Å². The fourth-order valence-corrected chi connectivity index (χ4v) is 7.77. The first-order valence-corrected chi connectivity index (χ1v) is 13.0. The van der Waals surface area contributed by atoms with Gasteiger partial charge in [0.2, 0.25) is 0 Å². The molecule has 3 aliphatic heterocycles. The predicted molar refractivity (Wildman–Crippen MR) is 146 cm³/mol. The summed E-state index contributed by atoms with van der Waals surface area (Å²) >= 11 is 0. The molecular weight excluding hydrogens is 425 g/mol. The predicted octanol–water partition coefficient (Wildman–Crippen LogP) is 6.03. The number of nitrogens with zero attached hydrogens (tertiary/aromatic N) is 1. The lowest BCUT2D eigenvalue weighted by Crippen LogP contribution is -2.63. The Morgan fingerprint density at radius 1 is 0.743 bits per heavy atom. The number of anilines is 2. The second-order valence-electron chi connectivity index (χ2n) is 11.2. The van der Waals surface area contributed by atoms with Crippen LogP contribution in [0.3, 0.4) is 0 Å². The second kappa shape index (κ2) is 6.60. The Morgan fingerprint density at radius 2 is 1.57 bits per heavy atom. The summed E-state index contributed by atoms with van der Waals surface area (Å²) in [6.45, 7) is 5.24. The van der Waals surface area contributed by atoms with Crippen molar-refractivity contribution in [1.29, 1.82) is 0 Å². The largest absolute Gasteiger partial charge is 0.458 e. The monoisotopic (exact) mass is 453 g/mol. The molecule has 2 nitrogen and oxygen atoms in total. The van der Waals surface area contributed by atoms with E-state index in [1.807, 2.05) is 0 Å². The minimum Gasteiger partial charge on any atom is -0.458 e. The van der Waals surface area contributed by atoms with Gasteiger partial charge in [0.05, 0.1) is 5.54 Å². The van der Waals surface area contributed by atoms with Crippen LogP contribution >= 0.6 is 0 Å². The first-order valence-electron chi connectivity index (χ1n) is 13.0. The Kier molecular flexibility index (Phi) is 3.74. The molecule has 1 unspecified atom stereocenters. The van der Waals surface area contributed by atoms with Gasteiger partial charge in [0.25, 0.3) is 6.71 Å². The molecule has 0 spiro atoms. The highest BCUT2D eigenvalue weighted by Gasteiger charge is 2.60. The van der Waals surface area contributed by atoms with Gasteiger partial charge in [0, 0.05) is 16.8 Å². The average molecular weight is 453 g/mol. The van der Waals surface area contributed by atoms with Crippen LogP contribution in [0.15, 0.2) is 84.9 Å². The van der Waals surface area contributed by atoms with E-state index in [1.165, 1.54) is 64.6 Å². The second-order valence-corrected chi connectivity index (χ2v) is 11.2. The summed E-state index contributed by atoms with van der Waals surface area (Å²) in [5.41, 5.74) is 11.1. The van der Waals surface area contributed by atoms with E-state index in [0.717, 1.165) is 11.5 Å². The van der Waals surface area contributed by atoms with Crippen LogP contribution in [-0.2, 0) is 5.41 Å². The van der Waals surface area contributed by atoms with Gasteiger partial charge in [-0.1, -0.05) is 86.5 Å². The van der Waals surface area contributed by atoms with Crippen molar-refractivity contribution in [1.82, 2.24) is 0 Å². The number of fused-ring (bicyclic) bond motifs is 7. The SMILES string of the molecule is CC12CCCC[C@@]1(C)c1cccc3c1N2c1cccc2c1B3c1ccc(-c3ccccc3)cc1O2. The summed E-state index contributed by atoms with van der Waals surface area (Å²) in [6.07, 6.45) is 5.09. The zero-order valence-corrected chi connectivity index (χ0v) is 20.3. The third-order valence-corrected chi connectivity index (χ3v) is 9.69. The van der Waals surface area contributed by atoms with E-state index < -0.39 is 0 Å². The molecule has 4 aromatic carbocycles. The molecule has 8 rings (SSSR count). The Balaban J connectivity index is 1.40. The van der Waals surface area contributed by atoms with Crippen LogP contribution in [-0.4, -0.2) is 12.3 Å². The molecule has 0 radical (unpaired) electrons. The molecule has 3 heteroatoms. The standard InChI is InChI=1S/C32H28BNO/c1-31-18-6-7-19-32(31,2)34-26-14-9-15-27-29(26)33(25-13-8-12-23(31)30(25)34)24-17-16-22(20-28(24)35-27)21-10-4-3-5-11-21/h3-5,8-17,20H,6-7,18-19H2,1-2H3/t31-,32?/m0/s1. The van der Waals surface area contributed by atoms with E-state index in [2.05, 4.69) is 104 Å². The summed E-state index contributed by atoms with van der Waals surface area (Å²) in [4.78, 5) is 2.72. The lowest BCUT2D eigenvalue weighted by Gasteiger charge is -2.52. The van der Waals surface area contributed by atoms with Gasteiger partial charge in [-0.3, -0.25) is 0 Å². The highest BCUT2D eigenvalue weighted by molar-refractivity contribution is 6.99. The fraction of sp³-hybridized carbons (Fsp3) is 0.250. The van der Waals surface area contributed by atoms with Gasteiger partial charge in [0.1, 0.15) is 11.5 Å². The van der Waals surface area contributed by atoms with E-state index in [-0.39, 0.29) is 17.7 Å². The molecule has 35 heavy (non-hydrogen) atoms. The van der Waals surface area contributed by atoms with Gasteiger partial charge in [-0.15, -0.1) is 0 Å². The van der Waals surface area contributed by atoms with Crippen molar-refractivity contribution in [3.8, 4) is 22.6 Å². The van der Waals surface area contributed by atoms with E-state index in [0.29, 0.717) is 0 Å². The highest BCUT2D eigenvalue weighted by Crippen LogP contribution is 2.61. The molecule has 2 atom stereocenters. The van der Waals surface area contributed by atoms with Crippen LogP contribution < -0.4 is 26.0 Å². The Morgan fingerprint density at radius 3 is 2.46 bits per heavy atom. The van der Waals surface area contributed by atoms with Crippen molar-refractivity contribution in [2.45, 2.75) is 50.5 Å². The summed E-state index contributed by atoms with van der Waals surface area (Å²) in [7, 11) is 0. The normalized spacial score (nSPS) is 24.7. The van der Waals surface area contributed by atoms with Gasteiger partial charge in [-0.05, 0) is 71.0 Å². The third kappa shape index (κ3) is 2.32. The third-order valence-electron chi connectivity index (χ3n) is 9.69. The van der Waals surface area contributed by atoms with Crippen LogP contribution in [0.5, 0.6) is 11.5 Å². The molecule has 4 aromatic rings. The topological polar surface area (TPSA) is 12.5 Å². The summed E-state index contributed by atoms with van der Waals surface area (Å²) < 4.78 is 6.68. The molecule has 0 N–H and O–H groups in total. The summed E-state index contributed by atoms with van der Waals surface area (Å²) in [6, 6.07) is 31.2. The molecule has 1 aliphatic carbocycles. The number of hydrogen-bond donors (Lipinski definition) is 0. The van der Waals surface area contributed by atoms with Gasteiger partial charge in [-0.25, -0.2) is 0 Å². The molecule has 0 amide bonds. The van der Waals surface area contributed by atoms with Crippen LogP contribution in [0, 0.1) is 0 Å². The molecule has 0 aromatic heterocycles. The molecule has 1 saturated carbocycles. The lowest BCUT2D eigenvalue weighted by molar-refractivity contribution is 0.195. The quantitative estimate of drug-likeness (QED) is 0.288. The maximum atomic E-state index is 6.68. The molecule has 170 valence electrons. The number of para-hydroxylation sites is 1.